The lowest BCUT2D eigenvalue weighted by Crippen LogP contribution is -2.59. The highest BCUT2D eigenvalue weighted by molar-refractivity contribution is 5.88. The predicted molar refractivity (Wildman–Crippen MR) is 461 cm³/mol. The van der Waals surface area contributed by atoms with E-state index in [1.807, 2.05) is 0 Å². The van der Waals surface area contributed by atoms with E-state index in [1.165, 1.54) is 58.8 Å². The van der Waals surface area contributed by atoms with Crippen molar-refractivity contribution >= 4 is 119 Å². The topological polar surface area (TPSA) is 732 Å². The van der Waals surface area contributed by atoms with Crippen LogP contribution in [0.2, 0.25) is 0 Å². The molecule has 4 aliphatic rings. The van der Waals surface area contributed by atoms with Gasteiger partial charge in [0.15, 0.2) is 0 Å². The third-order valence-corrected chi connectivity index (χ3v) is 21.9. The third kappa shape index (κ3) is 54.5. The first-order valence-electron chi connectivity index (χ1n) is 43.3. The maximum Gasteiger partial charge on any atom is 0.317 e. The Hall–Kier alpha value is -11.2. The molecular weight excluding hydrogens is 1770 g/mol. The van der Waals surface area contributed by atoms with Gasteiger partial charge in [-0.25, -0.2) is 0 Å². The van der Waals surface area contributed by atoms with Crippen LogP contribution in [-0.2, 0) is 95.9 Å². The normalized spacial score (nSPS) is 18.5. The Labute approximate surface area is 766 Å². The Bertz CT molecular complexity index is 3260. The number of hydrogen-bond acceptors (Lipinski definition) is 36. The summed E-state index contributed by atoms with van der Waals surface area (Å²) in [5.74, 6) is -21.4. The monoisotopic (exact) mass is 1900 g/mol. The van der Waals surface area contributed by atoms with Crippen molar-refractivity contribution in [2.24, 2.45) is 5.41 Å². The highest BCUT2D eigenvalue weighted by atomic mass is 16.4. The first-order valence-corrected chi connectivity index (χ1v) is 43.3. The highest BCUT2D eigenvalue weighted by Gasteiger charge is 2.35. The summed E-state index contributed by atoms with van der Waals surface area (Å²) in [5, 5.41) is 137. The molecule has 0 atom stereocenters. The van der Waals surface area contributed by atoms with Gasteiger partial charge >= 0.3 is 71.6 Å². The third-order valence-electron chi connectivity index (χ3n) is 21.9. The van der Waals surface area contributed by atoms with Gasteiger partial charge in [-0.05, 0) is 0 Å². The first-order chi connectivity index (χ1) is 62.9. The molecule has 56 heteroatoms. The average molecular weight is 1910 g/mol. The van der Waals surface area contributed by atoms with Crippen LogP contribution in [-0.4, -0.2) is 625 Å². The number of carboxylic acids is 12. The molecule has 0 spiro atoms. The molecule has 4 fully saturated rings. The van der Waals surface area contributed by atoms with Crippen LogP contribution in [0.25, 0.3) is 0 Å². The Morgan fingerprint density at radius 3 is 0.323 bits per heavy atom. The van der Waals surface area contributed by atoms with Gasteiger partial charge in [-0.2, -0.15) is 0 Å². The largest absolute Gasteiger partial charge is 0.480 e. The molecule has 4 saturated heterocycles. The second-order valence-corrected chi connectivity index (χ2v) is 32.9. The number of carboxylic acid groups (broad SMARTS) is 12. The Kier molecular flexibility index (Phi) is 53.4. The van der Waals surface area contributed by atoms with Crippen LogP contribution in [0.5, 0.6) is 0 Å². The van der Waals surface area contributed by atoms with Crippen molar-refractivity contribution in [1.29, 1.82) is 0 Å². The average Bonchev–Trinajstić information content (AvgIpc) is 0.845. The molecule has 0 aromatic rings. The molecule has 0 bridgehead atoms. The van der Waals surface area contributed by atoms with Gasteiger partial charge in [-0.3, -0.25) is 174 Å². The van der Waals surface area contributed by atoms with E-state index in [1.54, 1.807) is 19.6 Å². The first kappa shape index (κ1) is 114. The molecule has 0 aliphatic carbocycles. The molecule has 0 saturated carbocycles. The van der Waals surface area contributed by atoms with Gasteiger partial charge in [0.05, 0.1) is 131 Å². The molecular formula is C77H132N24O32. The van der Waals surface area contributed by atoms with E-state index in [4.69, 9.17) is 0 Å². The number of carbonyl (C=O) groups excluding carboxylic acids is 8. The van der Waals surface area contributed by atoms with Crippen molar-refractivity contribution in [2.45, 2.75) is 0 Å². The quantitative estimate of drug-likeness (QED) is 0.0269. The lowest BCUT2D eigenvalue weighted by molar-refractivity contribution is -0.140. The van der Waals surface area contributed by atoms with Crippen molar-refractivity contribution in [2.75, 3.05) is 367 Å². The molecule has 0 aromatic carbocycles. The van der Waals surface area contributed by atoms with Crippen molar-refractivity contribution < 1.29 is 157 Å². The number of amides is 8. The summed E-state index contributed by atoms with van der Waals surface area (Å²) in [6.07, 6.45) is 0. The summed E-state index contributed by atoms with van der Waals surface area (Å²) in [6, 6.07) is 0. The Balaban J connectivity index is 1.74. The van der Waals surface area contributed by atoms with Gasteiger partial charge in [-0.15, -0.1) is 0 Å². The van der Waals surface area contributed by atoms with Gasteiger partial charge in [0, 0.05) is 241 Å². The van der Waals surface area contributed by atoms with Gasteiger partial charge in [0.2, 0.25) is 47.3 Å². The van der Waals surface area contributed by atoms with Crippen molar-refractivity contribution in [3.8, 4) is 0 Å². The van der Waals surface area contributed by atoms with Crippen LogP contribution >= 0.6 is 0 Å². The second kappa shape index (κ2) is 62.3. The van der Waals surface area contributed by atoms with Gasteiger partial charge < -0.3 is 104 Å². The summed E-state index contributed by atoms with van der Waals surface area (Å²) in [7, 11) is 0. The lowest BCUT2D eigenvalue weighted by atomic mass is 9.86. The number of hydrogen-bond donors (Lipinski definition) is 20. The summed E-state index contributed by atoms with van der Waals surface area (Å²) in [5.41, 5.74) is -1.86. The summed E-state index contributed by atoms with van der Waals surface area (Å²) in [4.78, 5) is 281. The van der Waals surface area contributed by atoms with E-state index in [0.29, 0.717) is 0 Å². The zero-order chi connectivity index (χ0) is 98.5. The minimum atomic E-state index is -1.86. The standard InChI is InChI=1S/C77H132N24O32/c102-57(33-78-61(106)37-86-1-9-90(41-65(110)111)17-25-98(49-73(126)127)26-18-91(10-2-86)42-66(112)113)82-53-77(54-83-58(103)34-79-62(107)38-87-3-11-92(43-67(114)115)19-27-99(50-74(128)129)28-20-93(12-4-87)44-68(116)117,55-84-59(104)35-80-63(108)39-88-5-13-94(45-69(118)119)21-29-100(51-75(130)131)30-22-95(14-6-88)46-70(120)121)56-85-60(105)36-81-64(109)40-89-7-15-96(47-71(122)123)23-31-101(52-76(132)133)32-24-97(16-8-89)48-72(124)125/h1-56H2,(H,78,106)(H,79,107)(H,80,108)(H,81,109)(H,82,102)(H,83,103)(H,84,104)(H,85,105)(H,110,111)(H,112,113)(H,114,115)(H,116,117)(H,118,119)(H,120,121)(H,122,123)(H,124,125)(H,126,127)(H,128,129)(H,130,131)(H,132,133). The molecule has 8 amide bonds. The number of rotatable bonds is 48. The maximum atomic E-state index is 14.3. The molecule has 20 N–H and O–H groups in total. The van der Waals surface area contributed by atoms with Gasteiger partial charge in [0.1, 0.15) is 0 Å². The molecule has 0 aromatic heterocycles. The zero-order valence-electron chi connectivity index (χ0n) is 74.8. The fourth-order valence-corrected chi connectivity index (χ4v) is 14.7. The van der Waals surface area contributed by atoms with E-state index >= 15 is 0 Å². The second-order valence-electron chi connectivity index (χ2n) is 32.9. The zero-order valence-corrected chi connectivity index (χ0v) is 74.8. The molecule has 133 heavy (non-hydrogen) atoms. The summed E-state index contributed by atoms with van der Waals surface area (Å²) < 4.78 is 0. The molecule has 752 valence electrons. The van der Waals surface area contributed by atoms with Crippen LogP contribution in [0.3, 0.4) is 0 Å². The van der Waals surface area contributed by atoms with Crippen LogP contribution in [0, 0.1) is 5.41 Å². The van der Waals surface area contributed by atoms with Crippen molar-refractivity contribution in [1.82, 2.24) is 121 Å². The molecule has 4 heterocycles. The fraction of sp³-hybridized carbons (Fsp3) is 0.740. The van der Waals surface area contributed by atoms with Crippen LogP contribution in [0.1, 0.15) is 0 Å². The van der Waals surface area contributed by atoms with E-state index in [0.717, 1.165) is 0 Å². The molecule has 4 aliphatic heterocycles. The summed E-state index contributed by atoms with van der Waals surface area (Å²) >= 11 is 0. The SMILES string of the molecule is O=C(O)CN1CCN(CC(=O)O)CCN(CC(=O)NCC(=O)NCC(CNC(=O)CNC(=O)CN2CCN(CC(=O)O)CCN(CC(=O)O)CCN(CC(=O)O)CC2)(CNC(=O)CNC(=O)CN2CCN(CC(=O)O)CCN(CC(=O)O)CCN(CC(=O)O)CC2)CNC(=O)CNC(=O)CN2CCN(CC(=O)O)CCN(CC(=O)O)CCN(CC(=O)O)CC2)CCN(CC(=O)O)CC1. The van der Waals surface area contributed by atoms with E-state index in [2.05, 4.69) is 42.5 Å². The van der Waals surface area contributed by atoms with Crippen molar-refractivity contribution in [3.05, 3.63) is 0 Å². The van der Waals surface area contributed by atoms with E-state index in [-0.39, 0.29) is 209 Å². The van der Waals surface area contributed by atoms with Gasteiger partial charge in [0.25, 0.3) is 0 Å². The molecule has 4 rings (SSSR count). The predicted octanol–water partition coefficient (Wildman–Crippen LogP) is -15.2. The number of nitrogens with zero attached hydrogens (tertiary/aromatic N) is 16. The Morgan fingerprint density at radius 2 is 0.233 bits per heavy atom. The van der Waals surface area contributed by atoms with Crippen LogP contribution < -0.4 is 42.5 Å². The van der Waals surface area contributed by atoms with E-state index < -0.39 is 281 Å². The number of carbonyl (C=O) groups is 20. The smallest absolute Gasteiger partial charge is 0.317 e. The van der Waals surface area contributed by atoms with Crippen molar-refractivity contribution in [3.63, 3.8) is 0 Å². The minimum Gasteiger partial charge on any atom is -0.480 e. The highest BCUT2D eigenvalue weighted by Crippen LogP contribution is 2.15. The van der Waals surface area contributed by atoms with Crippen LogP contribution in [0.4, 0.5) is 0 Å². The molecule has 0 radical (unpaired) electrons. The van der Waals surface area contributed by atoms with E-state index in [9.17, 15) is 157 Å². The van der Waals surface area contributed by atoms with Crippen LogP contribution in [0.15, 0.2) is 0 Å². The maximum absolute atomic E-state index is 14.3. The number of nitrogens with one attached hydrogen (secondary N) is 8. The van der Waals surface area contributed by atoms with Gasteiger partial charge in [-0.1, -0.05) is 0 Å². The fourth-order valence-electron chi connectivity index (χ4n) is 14.7. The lowest BCUT2D eigenvalue weighted by Gasteiger charge is -2.35. The Morgan fingerprint density at radius 1 is 0.143 bits per heavy atom. The molecule has 56 nitrogen and oxygen atoms in total. The number of aliphatic carboxylic acids is 12. The molecule has 0 unspecified atom stereocenters. The minimum absolute atomic E-state index is 0.000177. The summed E-state index contributed by atoms with van der Waals surface area (Å²) in [6.45, 7) is -12.2.